The molecule has 0 aliphatic carbocycles. The van der Waals surface area contributed by atoms with Gasteiger partial charge in [0.25, 0.3) is 0 Å². The van der Waals surface area contributed by atoms with Crippen LogP contribution in [0.4, 0.5) is 16.2 Å². The summed E-state index contributed by atoms with van der Waals surface area (Å²) in [5.41, 5.74) is 2.75. The predicted molar refractivity (Wildman–Crippen MR) is 172 cm³/mol. The summed E-state index contributed by atoms with van der Waals surface area (Å²) in [5, 5.41) is 15.2. The Labute approximate surface area is 271 Å². The van der Waals surface area contributed by atoms with E-state index in [0.29, 0.717) is 49.4 Å². The number of fused-ring (bicyclic) bond motifs is 2. The number of hydrogen-bond donors (Lipinski definition) is 3. The fraction of sp³-hybridized carbons (Fsp3) is 0.353. The molecular formula is C34H38N2O9S. The average molecular weight is 651 g/mol. The quantitative estimate of drug-likeness (QED) is 0.105. The lowest BCUT2D eigenvalue weighted by Gasteiger charge is -2.29. The molecule has 1 amide bonds. The number of esters is 1. The van der Waals surface area contributed by atoms with Crippen LogP contribution in [0.1, 0.15) is 67.1 Å². The van der Waals surface area contributed by atoms with Crippen LogP contribution in [0.3, 0.4) is 0 Å². The zero-order valence-electron chi connectivity index (χ0n) is 26.5. The maximum atomic E-state index is 13.5. The fourth-order valence-electron chi connectivity index (χ4n) is 4.84. The summed E-state index contributed by atoms with van der Waals surface area (Å²) >= 11 is 1.31. The first kappa shape index (κ1) is 34.2. The first-order valence-corrected chi connectivity index (χ1v) is 15.5. The van der Waals surface area contributed by atoms with Crippen molar-refractivity contribution >= 4 is 47.0 Å². The molecule has 3 aromatic rings. The molecule has 0 spiro atoms. The smallest absolute Gasteiger partial charge is 0.407 e. The van der Waals surface area contributed by atoms with E-state index in [2.05, 4.69) is 10.6 Å². The lowest BCUT2D eigenvalue weighted by molar-refractivity contribution is -0.144. The van der Waals surface area contributed by atoms with Crippen LogP contribution in [0.5, 0.6) is 11.5 Å². The summed E-state index contributed by atoms with van der Waals surface area (Å²) in [7, 11) is 2.98. The van der Waals surface area contributed by atoms with Gasteiger partial charge >= 0.3 is 18.0 Å². The van der Waals surface area contributed by atoms with Crippen molar-refractivity contribution in [1.82, 2.24) is 5.32 Å². The van der Waals surface area contributed by atoms with Crippen LogP contribution in [0.15, 0.2) is 58.3 Å². The maximum absolute atomic E-state index is 13.5. The minimum absolute atomic E-state index is 0.00718. The number of alkyl carbamates (subject to hydrolysis) is 1. The number of amides is 1. The lowest BCUT2D eigenvalue weighted by atomic mass is 9.98. The SMILES string of the molecule is COc1ccc2c(c1CNC(=O)OC(C)(C)C)Sc1c(CC(=O)OCc3ccccc3)c(OC)cc(C(=O)CCCC(=O)O)c1N2. The highest BCUT2D eigenvalue weighted by atomic mass is 32.2. The number of hydrogen-bond acceptors (Lipinski definition) is 10. The molecule has 0 radical (unpaired) electrons. The van der Waals surface area contributed by atoms with Gasteiger partial charge in [0, 0.05) is 39.3 Å². The largest absolute Gasteiger partial charge is 0.496 e. The van der Waals surface area contributed by atoms with Crippen molar-refractivity contribution in [2.24, 2.45) is 0 Å². The van der Waals surface area contributed by atoms with Crippen LogP contribution in [-0.4, -0.2) is 48.7 Å². The van der Waals surface area contributed by atoms with Gasteiger partial charge in [0.15, 0.2) is 5.78 Å². The van der Waals surface area contributed by atoms with E-state index in [4.69, 9.17) is 24.1 Å². The van der Waals surface area contributed by atoms with Gasteiger partial charge in [0.1, 0.15) is 23.7 Å². The number of Topliss-reactive ketones (excluding diaryl/α,β-unsaturated/α-hetero) is 1. The summed E-state index contributed by atoms with van der Waals surface area (Å²) in [6, 6.07) is 14.4. The number of ether oxygens (including phenoxy) is 4. The Morgan fingerprint density at radius 3 is 2.28 bits per heavy atom. The van der Waals surface area contributed by atoms with Crippen LogP contribution in [0.2, 0.25) is 0 Å². The number of anilines is 2. The predicted octanol–water partition coefficient (Wildman–Crippen LogP) is 6.66. The third kappa shape index (κ3) is 8.72. The molecule has 244 valence electrons. The number of ketones is 1. The Balaban J connectivity index is 1.73. The standard InChI is InChI=1S/C34H38N2O9S/c1-34(2,3)45-33(41)35-18-23-26(42-4)15-14-24-31(23)46-32-22(17-29(40)44-19-20-10-7-6-8-11-20)27(43-5)16-21(30(32)36-24)25(37)12-9-13-28(38)39/h6-8,10-11,14-16,36H,9,12-13,17-19H2,1-5H3,(H,35,41)(H,38,39). The first-order chi connectivity index (χ1) is 21.9. The number of carboxylic acids is 1. The molecule has 0 aromatic heterocycles. The highest BCUT2D eigenvalue weighted by Gasteiger charge is 2.31. The second-order valence-electron chi connectivity index (χ2n) is 11.5. The Bertz CT molecular complexity index is 1620. The second kappa shape index (κ2) is 15.0. The van der Waals surface area contributed by atoms with Crippen LogP contribution < -0.4 is 20.1 Å². The van der Waals surface area contributed by atoms with Crippen molar-refractivity contribution in [3.8, 4) is 11.5 Å². The third-order valence-electron chi connectivity index (χ3n) is 6.93. The summed E-state index contributed by atoms with van der Waals surface area (Å²) in [5.74, 6) is -0.921. The van der Waals surface area contributed by atoms with E-state index in [9.17, 15) is 19.2 Å². The van der Waals surface area contributed by atoms with E-state index < -0.39 is 23.6 Å². The van der Waals surface area contributed by atoms with Crippen LogP contribution in [-0.2, 0) is 38.6 Å². The molecule has 12 heteroatoms. The molecule has 0 atom stereocenters. The van der Waals surface area contributed by atoms with Gasteiger partial charge in [-0.25, -0.2) is 4.79 Å². The van der Waals surface area contributed by atoms with E-state index in [1.54, 1.807) is 39.0 Å². The monoisotopic (exact) mass is 650 g/mol. The molecular weight excluding hydrogens is 612 g/mol. The van der Waals surface area contributed by atoms with Crippen LogP contribution >= 0.6 is 11.8 Å². The van der Waals surface area contributed by atoms with Gasteiger partial charge in [0.2, 0.25) is 0 Å². The molecule has 0 unspecified atom stereocenters. The highest BCUT2D eigenvalue weighted by Crippen LogP contribution is 2.52. The number of nitrogens with one attached hydrogen (secondary N) is 2. The molecule has 1 aliphatic rings. The molecule has 1 aliphatic heterocycles. The number of methoxy groups -OCH3 is 2. The van der Waals surface area contributed by atoms with Gasteiger partial charge in [-0.1, -0.05) is 42.1 Å². The van der Waals surface area contributed by atoms with Crippen molar-refractivity contribution in [2.45, 2.75) is 75.0 Å². The Morgan fingerprint density at radius 1 is 0.913 bits per heavy atom. The first-order valence-electron chi connectivity index (χ1n) is 14.7. The minimum atomic E-state index is -0.985. The second-order valence-corrected chi connectivity index (χ2v) is 12.5. The van der Waals surface area contributed by atoms with Crippen molar-refractivity contribution in [2.75, 3.05) is 19.5 Å². The Hall–Kier alpha value is -4.71. The molecule has 0 bridgehead atoms. The van der Waals surface area contributed by atoms with Crippen molar-refractivity contribution in [3.63, 3.8) is 0 Å². The lowest BCUT2D eigenvalue weighted by Crippen LogP contribution is -2.32. The fourth-order valence-corrected chi connectivity index (χ4v) is 6.13. The minimum Gasteiger partial charge on any atom is -0.496 e. The van der Waals surface area contributed by atoms with Crippen molar-refractivity contribution in [3.05, 3.63) is 70.8 Å². The molecule has 0 saturated carbocycles. The molecule has 0 fully saturated rings. The molecule has 1 heterocycles. The summed E-state index contributed by atoms with van der Waals surface area (Å²) in [6.45, 7) is 5.48. The normalized spacial score (nSPS) is 11.8. The number of rotatable bonds is 13. The molecule has 11 nitrogen and oxygen atoms in total. The van der Waals surface area contributed by atoms with E-state index in [-0.39, 0.29) is 44.6 Å². The van der Waals surface area contributed by atoms with E-state index in [1.807, 2.05) is 30.3 Å². The van der Waals surface area contributed by atoms with Crippen LogP contribution in [0.25, 0.3) is 0 Å². The average Bonchev–Trinajstić information content (AvgIpc) is 3.01. The topological polar surface area (TPSA) is 149 Å². The summed E-state index contributed by atoms with van der Waals surface area (Å²) in [4.78, 5) is 51.5. The van der Waals surface area contributed by atoms with Crippen LogP contribution in [0, 0.1) is 0 Å². The number of carbonyl (C=O) groups is 4. The van der Waals surface area contributed by atoms with Crippen molar-refractivity contribution in [1.29, 1.82) is 0 Å². The van der Waals surface area contributed by atoms with Crippen molar-refractivity contribution < 1.29 is 43.2 Å². The number of carboxylic acid groups (broad SMARTS) is 1. The Kier molecular flexibility index (Phi) is 11.2. The Morgan fingerprint density at radius 2 is 1.63 bits per heavy atom. The highest BCUT2D eigenvalue weighted by molar-refractivity contribution is 7.99. The maximum Gasteiger partial charge on any atom is 0.407 e. The van der Waals surface area contributed by atoms with Gasteiger partial charge in [-0.2, -0.15) is 0 Å². The molecule has 46 heavy (non-hydrogen) atoms. The van der Waals surface area contributed by atoms with Gasteiger partial charge in [-0.05, 0) is 51.0 Å². The molecule has 3 N–H and O–H groups in total. The van der Waals surface area contributed by atoms with E-state index >= 15 is 0 Å². The van der Waals surface area contributed by atoms with Gasteiger partial charge in [-0.3, -0.25) is 14.4 Å². The summed E-state index contributed by atoms with van der Waals surface area (Å²) < 4.78 is 22.3. The van der Waals surface area contributed by atoms with E-state index in [0.717, 1.165) is 5.56 Å². The molecule has 4 rings (SSSR count). The third-order valence-corrected chi connectivity index (χ3v) is 8.26. The number of benzene rings is 3. The van der Waals surface area contributed by atoms with Gasteiger partial charge in [0.05, 0.1) is 38.6 Å². The summed E-state index contributed by atoms with van der Waals surface area (Å²) in [6.07, 6.45) is -0.715. The van der Waals surface area contributed by atoms with E-state index in [1.165, 1.54) is 26.0 Å². The number of carbonyl (C=O) groups excluding carboxylic acids is 3. The molecule has 3 aromatic carbocycles. The number of aliphatic carboxylic acids is 1. The zero-order chi connectivity index (χ0) is 33.4. The van der Waals surface area contributed by atoms with Gasteiger partial charge < -0.3 is 34.7 Å². The zero-order valence-corrected chi connectivity index (χ0v) is 27.3. The van der Waals surface area contributed by atoms with Gasteiger partial charge in [-0.15, -0.1) is 0 Å². The molecule has 0 saturated heterocycles.